The van der Waals surface area contributed by atoms with Gasteiger partial charge in [0, 0.05) is 19.6 Å². The molecule has 28 heavy (non-hydrogen) atoms. The number of carbonyl (C=O) groups is 2. The first-order valence-electron chi connectivity index (χ1n) is 9.65. The fraction of sp³-hybridized carbons (Fsp3) is 0.550. The lowest BCUT2D eigenvalue weighted by Gasteiger charge is -2.29. The number of ether oxygens (including phenoxy) is 2. The maximum absolute atomic E-state index is 11.8. The molecule has 0 unspecified atom stereocenters. The Bertz CT molecular complexity index is 685. The Kier molecular flexibility index (Phi) is 8.58. The molecule has 0 aliphatic heterocycles. The monoisotopic (exact) mass is 390 g/mol. The third-order valence-electron chi connectivity index (χ3n) is 4.65. The molecule has 1 aliphatic rings. The largest absolute Gasteiger partial charge is 0.484 e. The fourth-order valence-corrected chi connectivity index (χ4v) is 3.21. The number of amides is 1. The summed E-state index contributed by atoms with van der Waals surface area (Å²) < 4.78 is 10.4. The van der Waals surface area contributed by atoms with Crippen molar-refractivity contribution in [3.05, 3.63) is 29.8 Å². The fourth-order valence-electron chi connectivity index (χ4n) is 3.21. The number of hydrogen-bond acceptors (Lipinski definition) is 5. The molecule has 8 heteroatoms. The minimum Gasteiger partial charge on any atom is -0.484 e. The summed E-state index contributed by atoms with van der Waals surface area (Å²) in [5.74, 6) is 0.727. The first-order chi connectivity index (χ1) is 13.5. The first kappa shape index (κ1) is 21.5. The van der Waals surface area contributed by atoms with Crippen LogP contribution in [0.25, 0.3) is 0 Å². The van der Waals surface area contributed by atoms with Crippen molar-refractivity contribution in [3.8, 4) is 5.75 Å². The predicted octanol–water partition coefficient (Wildman–Crippen LogP) is 1.34. The number of carbonyl (C=O) groups excluding carboxylic acids is 2. The summed E-state index contributed by atoms with van der Waals surface area (Å²) in [5, 5.41) is 6.70. The number of benzene rings is 1. The third kappa shape index (κ3) is 7.09. The highest BCUT2D eigenvalue weighted by Gasteiger charge is 2.27. The van der Waals surface area contributed by atoms with Gasteiger partial charge in [0.25, 0.3) is 5.91 Å². The number of aliphatic imine (C=N–C) groups is 1. The molecular formula is C20H30N4O4. The standard InChI is InChI=1S/C20H30N4O4/c1-3-27-19(26)15-7-9-16(10-8-15)24-20(22-2)23-12-14-5-4-6-17(11-14)28-13-18(21)25/h4-6,11,15-16H,3,7-10,12-13H2,1-2H3,(H2,21,25)(H2,22,23,24). The molecule has 0 bridgehead atoms. The number of guanidine groups is 1. The second-order valence-corrected chi connectivity index (χ2v) is 6.77. The van der Waals surface area contributed by atoms with E-state index in [0.29, 0.717) is 24.9 Å². The van der Waals surface area contributed by atoms with Gasteiger partial charge in [0.1, 0.15) is 5.75 Å². The van der Waals surface area contributed by atoms with Gasteiger partial charge >= 0.3 is 5.97 Å². The number of hydrogen-bond donors (Lipinski definition) is 3. The smallest absolute Gasteiger partial charge is 0.308 e. The lowest BCUT2D eigenvalue weighted by molar-refractivity contribution is -0.149. The molecule has 1 aliphatic carbocycles. The Morgan fingerprint density at radius 3 is 2.64 bits per heavy atom. The number of nitrogens with one attached hydrogen (secondary N) is 2. The van der Waals surface area contributed by atoms with Crippen molar-refractivity contribution in [1.29, 1.82) is 0 Å². The number of primary amides is 1. The second kappa shape index (κ2) is 11.2. The van der Waals surface area contributed by atoms with E-state index in [2.05, 4.69) is 15.6 Å². The Morgan fingerprint density at radius 1 is 1.25 bits per heavy atom. The van der Waals surface area contributed by atoms with Crippen molar-refractivity contribution >= 4 is 17.8 Å². The summed E-state index contributed by atoms with van der Waals surface area (Å²) in [5.41, 5.74) is 6.09. The van der Waals surface area contributed by atoms with E-state index >= 15 is 0 Å². The number of rotatable bonds is 8. The molecule has 1 aromatic rings. The predicted molar refractivity (Wildman–Crippen MR) is 107 cm³/mol. The molecule has 0 atom stereocenters. The summed E-state index contributed by atoms with van der Waals surface area (Å²) in [7, 11) is 1.73. The van der Waals surface area contributed by atoms with Gasteiger partial charge in [-0.05, 0) is 50.3 Å². The quantitative estimate of drug-likeness (QED) is 0.350. The van der Waals surface area contributed by atoms with Gasteiger partial charge in [-0.15, -0.1) is 0 Å². The summed E-state index contributed by atoms with van der Waals surface area (Å²) >= 11 is 0. The topological polar surface area (TPSA) is 115 Å². The van der Waals surface area contributed by atoms with Gasteiger partial charge in [-0.3, -0.25) is 14.6 Å². The first-order valence-corrected chi connectivity index (χ1v) is 9.65. The average molecular weight is 390 g/mol. The maximum Gasteiger partial charge on any atom is 0.308 e. The van der Waals surface area contributed by atoms with Crippen LogP contribution in [-0.4, -0.2) is 44.1 Å². The summed E-state index contributed by atoms with van der Waals surface area (Å²) in [6, 6.07) is 7.74. The van der Waals surface area contributed by atoms with Crippen LogP contribution in [0, 0.1) is 5.92 Å². The van der Waals surface area contributed by atoms with Gasteiger partial charge in [-0.1, -0.05) is 12.1 Å². The SMILES string of the molecule is CCOC(=O)C1CCC(NC(=NC)NCc2cccc(OCC(N)=O)c2)CC1. The zero-order valence-corrected chi connectivity index (χ0v) is 16.6. The van der Waals surface area contributed by atoms with Gasteiger partial charge in [-0.2, -0.15) is 0 Å². The van der Waals surface area contributed by atoms with E-state index in [4.69, 9.17) is 15.2 Å². The molecule has 1 aromatic carbocycles. The van der Waals surface area contributed by atoms with Crippen LogP contribution in [0.1, 0.15) is 38.2 Å². The van der Waals surface area contributed by atoms with Crippen molar-refractivity contribution in [2.75, 3.05) is 20.3 Å². The number of nitrogens with two attached hydrogens (primary N) is 1. The van der Waals surface area contributed by atoms with E-state index < -0.39 is 5.91 Å². The van der Waals surface area contributed by atoms with Crippen LogP contribution in [0.15, 0.2) is 29.3 Å². The number of esters is 1. The third-order valence-corrected chi connectivity index (χ3v) is 4.65. The molecule has 0 heterocycles. The van der Waals surface area contributed by atoms with Gasteiger partial charge in [-0.25, -0.2) is 0 Å². The molecule has 1 amide bonds. The molecule has 154 valence electrons. The van der Waals surface area contributed by atoms with Crippen LogP contribution >= 0.6 is 0 Å². The van der Waals surface area contributed by atoms with E-state index in [0.717, 1.165) is 31.2 Å². The second-order valence-electron chi connectivity index (χ2n) is 6.77. The van der Waals surface area contributed by atoms with Crippen molar-refractivity contribution in [1.82, 2.24) is 10.6 Å². The minimum atomic E-state index is -0.509. The molecule has 0 spiro atoms. The summed E-state index contributed by atoms with van der Waals surface area (Å²) in [6.07, 6.45) is 3.46. The highest BCUT2D eigenvalue weighted by atomic mass is 16.5. The highest BCUT2D eigenvalue weighted by Crippen LogP contribution is 2.25. The van der Waals surface area contributed by atoms with Crippen LogP contribution in [0.2, 0.25) is 0 Å². The zero-order chi connectivity index (χ0) is 20.4. The molecule has 0 aromatic heterocycles. The van der Waals surface area contributed by atoms with Crippen LogP contribution in [0.4, 0.5) is 0 Å². The van der Waals surface area contributed by atoms with E-state index in [-0.39, 0.29) is 24.5 Å². The van der Waals surface area contributed by atoms with Crippen molar-refractivity contribution in [2.24, 2.45) is 16.6 Å². The van der Waals surface area contributed by atoms with Gasteiger partial charge in [0.05, 0.1) is 12.5 Å². The Hall–Kier alpha value is -2.77. The zero-order valence-electron chi connectivity index (χ0n) is 16.6. The van der Waals surface area contributed by atoms with Crippen LogP contribution in [-0.2, 0) is 20.9 Å². The summed E-state index contributed by atoms with van der Waals surface area (Å²) in [4.78, 5) is 26.9. The molecular weight excluding hydrogens is 360 g/mol. The summed E-state index contributed by atoms with van der Waals surface area (Å²) in [6.45, 7) is 2.68. The molecule has 4 N–H and O–H groups in total. The lowest BCUT2D eigenvalue weighted by atomic mass is 9.86. The van der Waals surface area contributed by atoms with E-state index in [1.807, 2.05) is 25.1 Å². The molecule has 8 nitrogen and oxygen atoms in total. The van der Waals surface area contributed by atoms with E-state index in [1.54, 1.807) is 13.1 Å². The van der Waals surface area contributed by atoms with Crippen molar-refractivity contribution < 1.29 is 19.1 Å². The Labute approximate surface area is 165 Å². The van der Waals surface area contributed by atoms with Gasteiger partial charge < -0.3 is 25.8 Å². The van der Waals surface area contributed by atoms with Crippen molar-refractivity contribution in [2.45, 2.75) is 45.2 Å². The van der Waals surface area contributed by atoms with Crippen LogP contribution < -0.4 is 21.1 Å². The molecule has 0 saturated heterocycles. The van der Waals surface area contributed by atoms with Crippen LogP contribution in [0.5, 0.6) is 5.75 Å². The average Bonchev–Trinajstić information content (AvgIpc) is 2.70. The minimum absolute atomic E-state index is 0.0103. The Balaban J connectivity index is 1.78. The highest BCUT2D eigenvalue weighted by molar-refractivity contribution is 5.80. The Morgan fingerprint density at radius 2 is 2.00 bits per heavy atom. The van der Waals surface area contributed by atoms with Gasteiger partial charge in [0.2, 0.25) is 0 Å². The normalized spacial score (nSPS) is 19.6. The molecule has 1 saturated carbocycles. The number of nitrogens with zero attached hydrogens (tertiary/aromatic N) is 1. The molecule has 2 rings (SSSR count). The molecule has 0 radical (unpaired) electrons. The van der Waals surface area contributed by atoms with Gasteiger partial charge in [0.15, 0.2) is 12.6 Å². The van der Waals surface area contributed by atoms with E-state index in [9.17, 15) is 9.59 Å². The lowest BCUT2D eigenvalue weighted by Crippen LogP contribution is -2.45. The van der Waals surface area contributed by atoms with Crippen LogP contribution in [0.3, 0.4) is 0 Å². The maximum atomic E-state index is 11.8. The molecule has 1 fully saturated rings. The van der Waals surface area contributed by atoms with E-state index in [1.165, 1.54) is 0 Å². The van der Waals surface area contributed by atoms with Crippen molar-refractivity contribution in [3.63, 3.8) is 0 Å².